The molecule has 0 saturated heterocycles. The summed E-state index contributed by atoms with van der Waals surface area (Å²) in [6.45, 7) is 1.61. The highest BCUT2D eigenvalue weighted by atomic mass is 19.1. The Morgan fingerprint density at radius 2 is 1.88 bits per heavy atom. The molecule has 0 radical (unpaired) electrons. The minimum atomic E-state index is -1.23. The Morgan fingerprint density at radius 1 is 1.17 bits per heavy atom. The van der Waals surface area contributed by atoms with Crippen molar-refractivity contribution in [1.82, 2.24) is 0 Å². The number of hydrogen-bond donors (Lipinski definition) is 1. The number of benzene rings is 2. The topological polar surface area (TPSA) is 82.5 Å². The Morgan fingerprint density at radius 3 is 2.54 bits per heavy atom. The van der Waals surface area contributed by atoms with Crippen LogP contribution in [0.3, 0.4) is 0 Å². The molecule has 0 fully saturated rings. The number of halogens is 1. The fourth-order valence-corrected chi connectivity index (χ4v) is 2.47. The molecule has 5 nitrogen and oxygen atoms in total. The highest BCUT2D eigenvalue weighted by molar-refractivity contribution is 5.97. The van der Waals surface area contributed by atoms with Crippen LogP contribution in [0.15, 0.2) is 52.9 Å². The lowest BCUT2D eigenvalue weighted by molar-refractivity contribution is -0.127. The number of nitrogens with two attached hydrogens (primary N) is 1. The van der Waals surface area contributed by atoms with Crippen molar-refractivity contribution in [3.63, 3.8) is 0 Å². The van der Waals surface area contributed by atoms with E-state index in [0.717, 1.165) is 0 Å². The van der Waals surface area contributed by atoms with Gasteiger partial charge in [0.05, 0.1) is 0 Å². The van der Waals surface area contributed by atoms with E-state index in [4.69, 9.17) is 14.9 Å². The van der Waals surface area contributed by atoms with Gasteiger partial charge in [-0.25, -0.2) is 9.18 Å². The van der Waals surface area contributed by atoms with E-state index in [1.807, 2.05) is 0 Å². The van der Waals surface area contributed by atoms with Crippen LogP contribution in [0, 0.1) is 12.7 Å². The van der Waals surface area contributed by atoms with E-state index in [1.54, 1.807) is 37.3 Å². The molecule has 3 rings (SSSR count). The van der Waals surface area contributed by atoms with Gasteiger partial charge in [0.1, 0.15) is 11.4 Å². The number of rotatable bonds is 4. The fourth-order valence-electron chi connectivity index (χ4n) is 2.47. The van der Waals surface area contributed by atoms with E-state index in [-0.39, 0.29) is 5.76 Å². The lowest BCUT2D eigenvalue weighted by Gasteiger charge is -2.14. The molecule has 2 aromatic carbocycles. The molecule has 6 heteroatoms. The first kappa shape index (κ1) is 15.7. The van der Waals surface area contributed by atoms with E-state index in [1.165, 1.54) is 18.2 Å². The van der Waals surface area contributed by atoms with Crippen LogP contribution in [-0.2, 0) is 9.53 Å². The molecule has 0 unspecified atom stereocenters. The maximum Gasteiger partial charge on any atom is 0.375 e. The molecule has 1 amide bonds. The van der Waals surface area contributed by atoms with E-state index in [9.17, 15) is 14.0 Å². The second-order valence-corrected chi connectivity index (χ2v) is 5.30. The Balaban J connectivity index is 1.94. The molecule has 0 aliphatic rings. The van der Waals surface area contributed by atoms with Crippen molar-refractivity contribution in [2.24, 2.45) is 5.73 Å². The first-order valence-corrected chi connectivity index (χ1v) is 7.21. The molecule has 1 aromatic heterocycles. The lowest BCUT2D eigenvalue weighted by atomic mass is 10.1. The third kappa shape index (κ3) is 2.86. The summed E-state index contributed by atoms with van der Waals surface area (Å²) in [5.74, 6) is -2.16. The zero-order chi connectivity index (χ0) is 17.3. The number of amides is 1. The normalized spacial score (nSPS) is 12.1. The van der Waals surface area contributed by atoms with Crippen molar-refractivity contribution < 1.29 is 23.1 Å². The standard InChI is InChI=1S/C18H14FNO4/c1-10-13-9-12(19)7-8-14(13)23-15(10)18(22)24-16(17(20)21)11-5-3-2-4-6-11/h2-9,16H,1H3,(H2,20,21)/t16-/m0/s1. The number of aryl methyl sites for hydroxylation is 1. The first-order chi connectivity index (χ1) is 11.5. The van der Waals surface area contributed by atoms with Crippen molar-refractivity contribution in [2.75, 3.05) is 0 Å². The molecule has 0 bridgehead atoms. The third-order valence-corrected chi connectivity index (χ3v) is 3.67. The molecule has 0 spiro atoms. The van der Waals surface area contributed by atoms with Crippen LogP contribution in [0.4, 0.5) is 4.39 Å². The molecule has 122 valence electrons. The number of carbonyl (C=O) groups is 2. The van der Waals surface area contributed by atoms with Gasteiger partial charge in [0.2, 0.25) is 11.9 Å². The van der Waals surface area contributed by atoms with Gasteiger partial charge in [0.15, 0.2) is 0 Å². The number of ether oxygens (including phenoxy) is 1. The Bertz CT molecular complexity index is 917. The summed E-state index contributed by atoms with van der Waals surface area (Å²) >= 11 is 0. The molecular weight excluding hydrogens is 313 g/mol. The Hall–Kier alpha value is -3.15. The highest BCUT2D eigenvalue weighted by Gasteiger charge is 2.27. The van der Waals surface area contributed by atoms with Crippen LogP contribution in [-0.4, -0.2) is 11.9 Å². The van der Waals surface area contributed by atoms with E-state index in [0.29, 0.717) is 22.1 Å². The molecule has 2 N–H and O–H groups in total. The summed E-state index contributed by atoms with van der Waals surface area (Å²) in [6, 6.07) is 12.4. The smallest absolute Gasteiger partial charge is 0.375 e. The summed E-state index contributed by atoms with van der Waals surface area (Å²) in [7, 11) is 0. The first-order valence-electron chi connectivity index (χ1n) is 7.21. The van der Waals surface area contributed by atoms with Crippen LogP contribution in [0.25, 0.3) is 11.0 Å². The van der Waals surface area contributed by atoms with E-state index < -0.39 is 23.8 Å². The van der Waals surface area contributed by atoms with Crippen LogP contribution < -0.4 is 5.73 Å². The second kappa shape index (κ2) is 6.16. The van der Waals surface area contributed by atoms with Gasteiger partial charge in [0, 0.05) is 16.5 Å². The van der Waals surface area contributed by atoms with Crippen molar-refractivity contribution in [3.05, 3.63) is 71.2 Å². The van der Waals surface area contributed by atoms with Gasteiger partial charge in [0.25, 0.3) is 5.91 Å². The summed E-state index contributed by atoms with van der Waals surface area (Å²) in [5.41, 5.74) is 6.58. The minimum Gasteiger partial charge on any atom is -0.449 e. The van der Waals surface area contributed by atoms with Crippen molar-refractivity contribution in [3.8, 4) is 0 Å². The van der Waals surface area contributed by atoms with Crippen LogP contribution >= 0.6 is 0 Å². The summed E-state index contributed by atoms with van der Waals surface area (Å²) < 4.78 is 24.0. The molecule has 0 aliphatic carbocycles. The quantitative estimate of drug-likeness (QED) is 0.746. The molecule has 3 aromatic rings. The lowest BCUT2D eigenvalue weighted by Crippen LogP contribution is -2.26. The van der Waals surface area contributed by atoms with Gasteiger partial charge in [-0.15, -0.1) is 0 Å². The fraction of sp³-hybridized carbons (Fsp3) is 0.111. The van der Waals surface area contributed by atoms with Gasteiger partial charge in [-0.3, -0.25) is 4.79 Å². The maximum atomic E-state index is 13.3. The number of fused-ring (bicyclic) bond motifs is 1. The maximum absolute atomic E-state index is 13.3. The average molecular weight is 327 g/mol. The molecule has 0 saturated carbocycles. The second-order valence-electron chi connectivity index (χ2n) is 5.30. The monoisotopic (exact) mass is 327 g/mol. The number of furan rings is 1. The summed E-state index contributed by atoms with van der Waals surface area (Å²) in [6.07, 6.45) is -1.23. The minimum absolute atomic E-state index is 0.0854. The zero-order valence-electron chi connectivity index (χ0n) is 12.8. The van der Waals surface area contributed by atoms with E-state index in [2.05, 4.69) is 0 Å². The van der Waals surface area contributed by atoms with Gasteiger partial charge < -0.3 is 14.9 Å². The SMILES string of the molecule is Cc1c(C(=O)O[C@H](C(N)=O)c2ccccc2)oc2ccc(F)cc12. The molecule has 1 atom stereocenters. The summed E-state index contributed by atoms with van der Waals surface area (Å²) in [4.78, 5) is 24.0. The van der Waals surface area contributed by atoms with Gasteiger partial charge in [-0.1, -0.05) is 30.3 Å². The zero-order valence-corrected chi connectivity index (χ0v) is 12.8. The largest absolute Gasteiger partial charge is 0.449 e. The number of carbonyl (C=O) groups excluding carboxylic acids is 2. The Kier molecular flexibility index (Phi) is 4.04. The van der Waals surface area contributed by atoms with Crippen LogP contribution in [0.1, 0.15) is 27.8 Å². The van der Waals surface area contributed by atoms with Gasteiger partial charge >= 0.3 is 5.97 Å². The van der Waals surface area contributed by atoms with Crippen molar-refractivity contribution in [2.45, 2.75) is 13.0 Å². The van der Waals surface area contributed by atoms with Gasteiger partial charge in [-0.2, -0.15) is 0 Å². The molecule has 0 aliphatic heterocycles. The molecule has 1 heterocycles. The number of primary amides is 1. The highest BCUT2D eigenvalue weighted by Crippen LogP contribution is 2.28. The van der Waals surface area contributed by atoms with Crippen molar-refractivity contribution >= 4 is 22.8 Å². The number of hydrogen-bond acceptors (Lipinski definition) is 4. The van der Waals surface area contributed by atoms with E-state index >= 15 is 0 Å². The Labute approximate surface area is 136 Å². The van der Waals surface area contributed by atoms with Crippen LogP contribution in [0.5, 0.6) is 0 Å². The van der Waals surface area contributed by atoms with Crippen molar-refractivity contribution in [1.29, 1.82) is 0 Å². The third-order valence-electron chi connectivity index (χ3n) is 3.67. The molecular formula is C18H14FNO4. The average Bonchev–Trinajstić information content (AvgIpc) is 2.89. The predicted octanol–water partition coefficient (Wildman–Crippen LogP) is 3.26. The predicted molar refractivity (Wildman–Crippen MR) is 84.7 cm³/mol. The van der Waals surface area contributed by atoms with Crippen LogP contribution in [0.2, 0.25) is 0 Å². The summed E-state index contributed by atoms with van der Waals surface area (Å²) in [5, 5.41) is 0.470. The van der Waals surface area contributed by atoms with Gasteiger partial charge in [-0.05, 0) is 25.1 Å². The molecule has 24 heavy (non-hydrogen) atoms. The number of esters is 1.